The maximum Gasteiger partial charge on any atom is 0.275 e. The van der Waals surface area contributed by atoms with Gasteiger partial charge in [-0.15, -0.1) is 0 Å². The van der Waals surface area contributed by atoms with Gasteiger partial charge in [0.05, 0.1) is 29.6 Å². The Labute approximate surface area is 162 Å². The number of hydrogen-bond acceptors (Lipinski definition) is 6. The Hall–Kier alpha value is -3.46. The molecule has 28 heavy (non-hydrogen) atoms. The second-order valence-corrected chi connectivity index (χ2v) is 7.51. The highest BCUT2D eigenvalue weighted by Gasteiger charge is 2.17. The van der Waals surface area contributed by atoms with Gasteiger partial charge in [0.1, 0.15) is 11.4 Å². The molecule has 0 radical (unpaired) electrons. The zero-order chi connectivity index (χ0) is 20.1. The number of carbonyl (C=O) groups excluding carboxylic acids is 1. The van der Waals surface area contributed by atoms with Crippen molar-refractivity contribution >= 4 is 27.3 Å². The quantitative estimate of drug-likeness (QED) is 0.661. The Kier molecular flexibility index (Phi) is 5.55. The lowest BCUT2D eigenvalue weighted by molar-refractivity contribution is 0.102. The third kappa shape index (κ3) is 4.44. The summed E-state index contributed by atoms with van der Waals surface area (Å²) >= 11 is 0. The number of amides is 1. The molecular formula is C19H18N4O4S. The molecule has 1 aromatic heterocycles. The molecular weight excluding hydrogens is 380 g/mol. The number of benzene rings is 2. The van der Waals surface area contributed by atoms with E-state index in [1.165, 1.54) is 37.7 Å². The summed E-state index contributed by atoms with van der Waals surface area (Å²) in [6, 6.07) is 12.6. The van der Waals surface area contributed by atoms with Crippen LogP contribution in [0.4, 0.5) is 11.4 Å². The zero-order valence-electron chi connectivity index (χ0n) is 15.2. The average Bonchev–Trinajstić information content (AvgIpc) is 2.69. The fourth-order valence-corrected chi connectivity index (χ4v) is 3.49. The molecule has 0 saturated carbocycles. The molecule has 144 valence electrons. The van der Waals surface area contributed by atoms with E-state index in [0.29, 0.717) is 22.8 Å². The minimum Gasteiger partial charge on any atom is -0.495 e. The van der Waals surface area contributed by atoms with Gasteiger partial charge in [0, 0.05) is 11.9 Å². The number of nitrogens with one attached hydrogen (secondary N) is 2. The number of nitrogens with zero attached hydrogens (tertiary/aromatic N) is 2. The highest BCUT2D eigenvalue weighted by atomic mass is 32.2. The van der Waals surface area contributed by atoms with Gasteiger partial charge in [-0.3, -0.25) is 14.5 Å². The van der Waals surface area contributed by atoms with E-state index in [1.807, 2.05) is 0 Å². The number of rotatable bonds is 6. The van der Waals surface area contributed by atoms with Crippen LogP contribution >= 0.6 is 0 Å². The van der Waals surface area contributed by atoms with E-state index in [1.54, 1.807) is 37.3 Å². The Morgan fingerprint density at radius 1 is 1.04 bits per heavy atom. The number of sulfonamides is 1. The van der Waals surface area contributed by atoms with Crippen LogP contribution in [0.2, 0.25) is 0 Å². The summed E-state index contributed by atoms with van der Waals surface area (Å²) in [4.78, 5) is 20.3. The van der Waals surface area contributed by atoms with E-state index in [2.05, 4.69) is 20.0 Å². The van der Waals surface area contributed by atoms with Crippen molar-refractivity contribution in [3.8, 4) is 5.75 Å². The standard InChI is InChI=1S/C19H18N4O4S/c1-13-11-21-17(12-20-13)19(24)22-14-6-5-7-15(10-14)28(25,26)23-16-8-3-4-9-18(16)27-2/h3-12,23H,1-2H3,(H,22,24). The summed E-state index contributed by atoms with van der Waals surface area (Å²) < 4.78 is 33.1. The van der Waals surface area contributed by atoms with Crippen molar-refractivity contribution in [3.63, 3.8) is 0 Å². The number of aromatic nitrogens is 2. The molecule has 3 aromatic rings. The van der Waals surface area contributed by atoms with Crippen molar-refractivity contribution in [3.05, 3.63) is 72.3 Å². The minimum atomic E-state index is -3.88. The summed E-state index contributed by atoms with van der Waals surface area (Å²) in [5.74, 6) is -0.0896. The second kappa shape index (κ2) is 8.05. The molecule has 1 heterocycles. The Morgan fingerprint density at radius 2 is 1.82 bits per heavy atom. The van der Waals surface area contributed by atoms with Gasteiger partial charge in [-0.2, -0.15) is 0 Å². The molecule has 0 unspecified atom stereocenters. The van der Waals surface area contributed by atoms with E-state index >= 15 is 0 Å². The third-order valence-electron chi connectivity index (χ3n) is 3.77. The summed E-state index contributed by atoms with van der Waals surface area (Å²) in [5.41, 5.74) is 1.45. The van der Waals surface area contributed by atoms with Gasteiger partial charge in [-0.25, -0.2) is 13.4 Å². The van der Waals surface area contributed by atoms with E-state index in [4.69, 9.17) is 4.74 Å². The smallest absolute Gasteiger partial charge is 0.275 e. The summed E-state index contributed by atoms with van der Waals surface area (Å²) in [6.45, 7) is 1.76. The number of aryl methyl sites for hydroxylation is 1. The van der Waals surface area contributed by atoms with Gasteiger partial charge in [0.25, 0.3) is 15.9 Å². The van der Waals surface area contributed by atoms with Gasteiger partial charge >= 0.3 is 0 Å². The maximum absolute atomic E-state index is 12.7. The molecule has 8 nitrogen and oxygen atoms in total. The lowest BCUT2D eigenvalue weighted by Crippen LogP contribution is -2.16. The zero-order valence-corrected chi connectivity index (χ0v) is 16.0. The van der Waals surface area contributed by atoms with Gasteiger partial charge in [0.15, 0.2) is 0 Å². The summed E-state index contributed by atoms with van der Waals surface area (Å²) in [5, 5.41) is 2.62. The normalized spacial score (nSPS) is 10.9. The number of para-hydroxylation sites is 2. The van der Waals surface area contributed by atoms with Crippen LogP contribution in [0.15, 0.2) is 65.8 Å². The van der Waals surface area contributed by atoms with Crippen LogP contribution < -0.4 is 14.8 Å². The van der Waals surface area contributed by atoms with Crippen molar-refractivity contribution in [2.75, 3.05) is 17.1 Å². The minimum absolute atomic E-state index is 0.00815. The number of methoxy groups -OCH3 is 1. The fraction of sp³-hybridized carbons (Fsp3) is 0.105. The van der Waals surface area contributed by atoms with Crippen molar-refractivity contribution in [2.45, 2.75) is 11.8 Å². The highest BCUT2D eigenvalue weighted by molar-refractivity contribution is 7.92. The van der Waals surface area contributed by atoms with Gasteiger partial charge < -0.3 is 10.1 Å². The van der Waals surface area contributed by atoms with Crippen LogP contribution in [-0.2, 0) is 10.0 Å². The predicted molar refractivity (Wildman–Crippen MR) is 105 cm³/mol. The molecule has 0 fully saturated rings. The molecule has 9 heteroatoms. The number of hydrogen-bond donors (Lipinski definition) is 2. The largest absolute Gasteiger partial charge is 0.495 e. The first-order valence-electron chi connectivity index (χ1n) is 8.25. The number of ether oxygens (including phenoxy) is 1. The van der Waals surface area contributed by atoms with Gasteiger partial charge in [-0.05, 0) is 37.3 Å². The molecule has 0 spiro atoms. The molecule has 2 aromatic carbocycles. The number of carbonyl (C=O) groups is 1. The van der Waals surface area contributed by atoms with E-state index in [-0.39, 0.29) is 10.6 Å². The van der Waals surface area contributed by atoms with Crippen LogP contribution in [0.25, 0.3) is 0 Å². The topological polar surface area (TPSA) is 110 Å². The molecule has 0 bridgehead atoms. The molecule has 0 atom stereocenters. The first-order chi connectivity index (χ1) is 13.4. The highest BCUT2D eigenvalue weighted by Crippen LogP contribution is 2.26. The molecule has 1 amide bonds. The van der Waals surface area contributed by atoms with Gasteiger partial charge in [-0.1, -0.05) is 18.2 Å². The van der Waals surface area contributed by atoms with Crippen molar-refractivity contribution in [2.24, 2.45) is 0 Å². The van der Waals surface area contributed by atoms with Crippen LogP contribution in [0, 0.1) is 6.92 Å². The lowest BCUT2D eigenvalue weighted by Gasteiger charge is -2.12. The maximum atomic E-state index is 12.7. The van der Waals surface area contributed by atoms with E-state index < -0.39 is 15.9 Å². The SMILES string of the molecule is COc1ccccc1NS(=O)(=O)c1cccc(NC(=O)c2cnc(C)cn2)c1. The molecule has 3 rings (SSSR count). The molecule has 2 N–H and O–H groups in total. The first kappa shape index (κ1) is 19.3. The van der Waals surface area contributed by atoms with E-state index in [0.717, 1.165) is 0 Å². The Balaban J connectivity index is 1.82. The van der Waals surface area contributed by atoms with Crippen molar-refractivity contribution in [1.29, 1.82) is 0 Å². The lowest BCUT2D eigenvalue weighted by atomic mass is 10.3. The summed E-state index contributed by atoms with van der Waals surface area (Å²) in [6.07, 6.45) is 2.83. The molecule has 0 saturated heterocycles. The molecule has 0 aliphatic heterocycles. The Bertz CT molecular complexity index is 1100. The van der Waals surface area contributed by atoms with Crippen LogP contribution in [-0.4, -0.2) is 31.4 Å². The number of anilines is 2. The third-order valence-corrected chi connectivity index (χ3v) is 5.13. The van der Waals surface area contributed by atoms with Crippen LogP contribution in [0.5, 0.6) is 5.75 Å². The van der Waals surface area contributed by atoms with Crippen LogP contribution in [0.3, 0.4) is 0 Å². The summed E-state index contributed by atoms with van der Waals surface area (Å²) in [7, 11) is -2.43. The monoisotopic (exact) mass is 398 g/mol. The average molecular weight is 398 g/mol. The first-order valence-corrected chi connectivity index (χ1v) is 9.73. The van der Waals surface area contributed by atoms with Gasteiger partial charge in [0.2, 0.25) is 0 Å². The molecule has 0 aliphatic rings. The second-order valence-electron chi connectivity index (χ2n) is 5.83. The molecule has 0 aliphatic carbocycles. The van der Waals surface area contributed by atoms with E-state index in [9.17, 15) is 13.2 Å². The Morgan fingerprint density at radius 3 is 2.54 bits per heavy atom. The van der Waals surface area contributed by atoms with Crippen molar-refractivity contribution in [1.82, 2.24) is 9.97 Å². The predicted octanol–water partition coefficient (Wildman–Crippen LogP) is 2.85. The van der Waals surface area contributed by atoms with Crippen molar-refractivity contribution < 1.29 is 17.9 Å². The fourth-order valence-electron chi connectivity index (χ4n) is 2.38. The van der Waals surface area contributed by atoms with Crippen LogP contribution in [0.1, 0.15) is 16.2 Å².